The third kappa shape index (κ3) is 12.3. The average Bonchev–Trinajstić information content (AvgIpc) is 3.13. The molecule has 0 atom stereocenters. The first kappa shape index (κ1) is 39.8. The number of carbonyl (C=O) groups excluding carboxylic acids is 3. The molecule has 4 aromatic carbocycles. The van der Waals surface area contributed by atoms with E-state index in [9.17, 15) is 14.4 Å². The van der Waals surface area contributed by atoms with Crippen LogP contribution < -0.4 is 24.4 Å². The van der Waals surface area contributed by atoms with Crippen molar-refractivity contribution in [1.29, 1.82) is 0 Å². The van der Waals surface area contributed by atoms with Gasteiger partial charge in [0, 0.05) is 6.08 Å². The zero-order valence-corrected chi connectivity index (χ0v) is 28.2. The third-order valence-electron chi connectivity index (χ3n) is 7.03. The number of benzene rings is 4. The molecule has 4 aromatic rings. The van der Waals surface area contributed by atoms with E-state index in [4.69, 9.17) is 28.7 Å². The fraction of sp³-hybridized carbons (Fsp3) is 0.237. The van der Waals surface area contributed by atoms with E-state index >= 15 is 0 Å². The fourth-order valence-corrected chi connectivity index (χ4v) is 4.18. The minimum atomic E-state index is -0.536. The zero-order valence-electron chi connectivity index (χ0n) is 28.2. The molecule has 0 spiro atoms. The van der Waals surface area contributed by atoms with Crippen LogP contribution in [0.15, 0.2) is 97.6 Å². The summed E-state index contributed by atoms with van der Waals surface area (Å²) in [4.78, 5) is 36.7. The highest BCUT2D eigenvalue weighted by Gasteiger charge is 2.17. The van der Waals surface area contributed by atoms with Crippen molar-refractivity contribution in [3.63, 3.8) is 0 Å². The summed E-state index contributed by atoms with van der Waals surface area (Å²) in [5.74, 6) is 0.381. The standard InChI is InChI=1S/C36H34BO9.C2H6.H2O/c1-4-34(38)43-22-6-5-21-42-30-15-9-27(10-16-30)35(39)45-32-19-20-33(25(3)24(32)2)46-36(40)28-11-17-31(18-12-28)44-23-26-7-13-29(37-41)14-8-26;1-2;/h4,7-20,41H,1,5-6,21-23H2,2-3H3;1-2H3;1H2. The summed E-state index contributed by atoms with van der Waals surface area (Å²) in [5.41, 5.74) is 3.66. The fourth-order valence-electron chi connectivity index (χ4n) is 4.18. The van der Waals surface area contributed by atoms with E-state index in [2.05, 4.69) is 6.58 Å². The molecule has 0 unspecified atom stereocenters. The highest BCUT2D eigenvalue weighted by atomic mass is 16.5. The van der Waals surface area contributed by atoms with Crippen molar-refractivity contribution >= 4 is 30.9 Å². The van der Waals surface area contributed by atoms with Gasteiger partial charge in [-0.3, -0.25) is 0 Å². The Bertz CT molecular complexity index is 1650. The van der Waals surface area contributed by atoms with E-state index in [1.807, 2.05) is 26.0 Å². The van der Waals surface area contributed by atoms with Crippen molar-refractivity contribution in [2.24, 2.45) is 0 Å². The second-order valence-electron chi connectivity index (χ2n) is 10.2. The summed E-state index contributed by atoms with van der Waals surface area (Å²) in [6, 6.07) is 23.7. The molecule has 0 aliphatic heterocycles. The molecule has 0 saturated heterocycles. The first-order valence-corrected chi connectivity index (χ1v) is 15.6. The number of ether oxygens (including phenoxy) is 5. The van der Waals surface area contributed by atoms with Crippen LogP contribution in [-0.4, -0.2) is 49.1 Å². The Kier molecular flexibility index (Phi) is 16.9. The summed E-state index contributed by atoms with van der Waals surface area (Å²) < 4.78 is 27.7. The van der Waals surface area contributed by atoms with Crippen molar-refractivity contribution in [3.05, 3.63) is 125 Å². The van der Waals surface area contributed by atoms with Gasteiger partial charge in [0.15, 0.2) is 0 Å². The van der Waals surface area contributed by atoms with E-state index in [1.165, 1.54) is 0 Å². The normalized spacial score (nSPS) is 9.90. The van der Waals surface area contributed by atoms with Gasteiger partial charge in [0.25, 0.3) is 0 Å². The van der Waals surface area contributed by atoms with Crippen LogP contribution >= 0.6 is 0 Å². The van der Waals surface area contributed by atoms with Crippen LogP contribution in [0.25, 0.3) is 0 Å². The molecule has 257 valence electrons. The van der Waals surface area contributed by atoms with Gasteiger partial charge in [-0.05, 0) is 104 Å². The van der Waals surface area contributed by atoms with E-state index in [1.54, 1.807) is 86.6 Å². The largest absolute Gasteiger partial charge is 0.494 e. The van der Waals surface area contributed by atoms with Gasteiger partial charge in [-0.15, -0.1) is 0 Å². The molecular formula is C38H42BO10. The quantitative estimate of drug-likeness (QED) is 0.0557. The van der Waals surface area contributed by atoms with Gasteiger partial charge in [0.1, 0.15) is 29.6 Å². The van der Waals surface area contributed by atoms with Crippen molar-refractivity contribution < 1.29 is 48.6 Å². The second-order valence-corrected chi connectivity index (χ2v) is 10.2. The van der Waals surface area contributed by atoms with E-state index in [-0.39, 0.29) is 5.48 Å². The van der Waals surface area contributed by atoms with Crippen LogP contribution in [0, 0.1) is 13.8 Å². The van der Waals surface area contributed by atoms with Gasteiger partial charge in [0.05, 0.1) is 24.3 Å². The molecule has 11 heteroatoms. The molecule has 0 bridgehead atoms. The van der Waals surface area contributed by atoms with Crippen LogP contribution in [0.2, 0.25) is 0 Å². The SMILES string of the molecule is C=CC(=O)OCCCCOc1ccc(C(=O)Oc2ccc(OC(=O)c3ccc(OCc4ccc([B]O)cc4)cc3)c(C)c2C)cc1.CC.O. The molecule has 1 radical (unpaired) electrons. The number of unbranched alkanes of at least 4 members (excludes halogenated alkanes) is 1. The van der Waals surface area contributed by atoms with Crippen LogP contribution in [0.4, 0.5) is 0 Å². The molecule has 0 aliphatic carbocycles. The molecule has 0 aromatic heterocycles. The number of hydrogen-bond donors (Lipinski definition) is 1. The summed E-state index contributed by atoms with van der Waals surface area (Å²) in [6.45, 7) is 12.0. The Labute approximate surface area is 287 Å². The van der Waals surface area contributed by atoms with Gasteiger partial charge in [0.2, 0.25) is 0 Å². The Morgan fingerprint density at radius 3 is 1.63 bits per heavy atom. The maximum absolute atomic E-state index is 12.8. The monoisotopic (exact) mass is 669 g/mol. The van der Waals surface area contributed by atoms with E-state index in [0.717, 1.165) is 19.1 Å². The molecular weight excluding hydrogens is 627 g/mol. The first-order chi connectivity index (χ1) is 23.3. The number of hydrogen-bond acceptors (Lipinski definition) is 9. The zero-order chi connectivity index (χ0) is 34.9. The van der Waals surface area contributed by atoms with Gasteiger partial charge in [-0.2, -0.15) is 0 Å². The van der Waals surface area contributed by atoms with E-state index < -0.39 is 17.9 Å². The molecule has 3 N–H and O–H groups in total. The Hall–Kier alpha value is -5.39. The molecule has 49 heavy (non-hydrogen) atoms. The predicted molar refractivity (Wildman–Crippen MR) is 188 cm³/mol. The molecule has 4 rings (SSSR count). The summed E-state index contributed by atoms with van der Waals surface area (Å²) in [5, 5.41) is 9.04. The predicted octanol–water partition coefficient (Wildman–Crippen LogP) is 5.65. The lowest BCUT2D eigenvalue weighted by atomic mass is 9.88. The molecule has 0 aliphatic rings. The van der Waals surface area contributed by atoms with Crippen molar-refractivity contribution in [2.45, 2.75) is 47.1 Å². The lowest BCUT2D eigenvalue weighted by Crippen LogP contribution is -2.12. The lowest BCUT2D eigenvalue weighted by Gasteiger charge is -2.14. The number of rotatable bonds is 15. The van der Waals surface area contributed by atoms with Gasteiger partial charge in [-0.1, -0.05) is 50.2 Å². The number of esters is 3. The summed E-state index contributed by atoms with van der Waals surface area (Å²) >= 11 is 0. The average molecular weight is 670 g/mol. The number of carbonyl (C=O) groups is 3. The highest BCUT2D eigenvalue weighted by Crippen LogP contribution is 2.30. The van der Waals surface area contributed by atoms with Crippen LogP contribution in [0.5, 0.6) is 23.0 Å². The maximum Gasteiger partial charge on any atom is 0.343 e. The first-order valence-electron chi connectivity index (χ1n) is 15.6. The maximum atomic E-state index is 12.8. The Morgan fingerprint density at radius 2 is 1.16 bits per heavy atom. The Morgan fingerprint density at radius 1 is 0.694 bits per heavy atom. The third-order valence-corrected chi connectivity index (χ3v) is 7.03. The summed E-state index contributed by atoms with van der Waals surface area (Å²) in [6.07, 6.45) is 2.48. The van der Waals surface area contributed by atoms with Crippen molar-refractivity contribution in [2.75, 3.05) is 13.2 Å². The molecule has 0 heterocycles. The smallest absolute Gasteiger partial charge is 0.343 e. The summed E-state index contributed by atoms with van der Waals surface area (Å²) in [7, 11) is 1.04. The van der Waals surface area contributed by atoms with Crippen LogP contribution in [-0.2, 0) is 16.1 Å². The Balaban J connectivity index is 0.00000273. The molecule has 0 saturated carbocycles. The lowest BCUT2D eigenvalue weighted by molar-refractivity contribution is -0.137. The molecule has 0 fully saturated rings. The van der Waals surface area contributed by atoms with Crippen molar-refractivity contribution in [3.8, 4) is 23.0 Å². The minimum absolute atomic E-state index is 0. The van der Waals surface area contributed by atoms with E-state index in [0.29, 0.717) is 83.4 Å². The molecule has 10 nitrogen and oxygen atoms in total. The van der Waals surface area contributed by atoms with Gasteiger partial charge >= 0.3 is 25.4 Å². The van der Waals surface area contributed by atoms with Gasteiger partial charge in [-0.25, -0.2) is 14.4 Å². The van der Waals surface area contributed by atoms with Crippen LogP contribution in [0.3, 0.4) is 0 Å². The van der Waals surface area contributed by atoms with Crippen LogP contribution in [0.1, 0.15) is 64.1 Å². The van der Waals surface area contributed by atoms with Crippen molar-refractivity contribution in [1.82, 2.24) is 0 Å². The van der Waals surface area contributed by atoms with Gasteiger partial charge < -0.3 is 34.2 Å². The second kappa shape index (κ2) is 20.8. The topological polar surface area (TPSA) is 149 Å². The minimum Gasteiger partial charge on any atom is -0.494 e. The molecule has 0 amide bonds. The highest BCUT2D eigenvalue weighted by molar-refractivity contribution is 6.45.